The fourth-order valence-corrected chi connectivity index (χ4v) is 2.53. The lowest BCUT2D eigenvalue weighted by atomic mass is 9.88. The topological polar surface area (TPSA) is 35.5 Å². The van der Waals surface area contributed by atoms with Crippen molar-refractivity contribution in [3.63, 3.8) is 0 Å². The van der Waals surface area contributed by atoms with Crippen LogP contribution in [0, 0.1) is 11.8 Å². The molecule has 2 N–H and O–H groups in total. The van der Waals surface area contributed by atoms with E-state index in [-0.39, 0.29) is 6.61 Å². The van der Waals surface area contributed by atoms with Crippen LogP contribution in [0.3, 0.4) is 0 Å². The number of nitrogens with zero attached hydrogens (tertiary/aromatic N) is 1. The van der Waals surface area contributed by atoms with Crippen molar-refractivity contribution in [2.45, 2.75) is 39.7 Å². The molecule has 3 nitrogen and oxygen atoms in total. The molecule has 0 aromatic carbocycles. The van der Waals surface area contributed by atoms with Crippen molar-refractivity contribution < 1.29 is 5.11 Å². The second kappa shape index (κ2) is 7.25. The Hall–Kier alpha value is -0.120. The summed E-state index contributed by atoms with van der Waals surface area (Å²) in [5, 5.41) is 12.5. The number of nitrogens with one attached hydrogen (secondary N) is 1. The maximum atomic E-state index is 9.03. The maximum absolute atomic E-state index is 9.03. The van der Waals surface area contributed by atoms with E-state index in [9.17, 15) is 0 Å². The van der Waals surface area contributed by atoms with Gasteiger partial charge in [-0.2, -0.15) is 0 Å². The molecule has 1 rings (SSSR count). The van der Waals surface area contributed by atoms with E-state index >= 15 is 0 Å². The number of piperidine rings is 1. The van der Waals surface area contributed by atoms with E-state index in [2.05, 4.69) is 31.0 Å². The highest BCUT2D eigenvalue weighted by atomic mass is 16.3. The van der Waals surface area contributed by atoms with Crippen molar-refractivity contribution in [1.29, 1.82) is 0 Å². The zero-order valence-electron chi connectivity index (χ0n) is 11.1. The van der Waals surface area contributed by atoms with Gasteiger partial charge in [0.25, 0.3) is 0 Å². The Kier molecular flexibility index (Phi) is 6.32. The predicted octanol–water partition coefficient (Wildman–Crippen LogP) is 1.32. The molecular weight excluding hydrogens is 200 g/mol. The van der Waals surface area contributed by atoms with Gasteiger partial charge in [0.15, 0.2) is 0 Å². The Morgan fingerprint density at radius 2 is 2.12 bits per heavy atom. The SMILES string of the molecule is CCNC(CCO)CN1CCC(C)C(C)C1. The molecular formula is C13H28N2O. The lowest BCUT2D eigenvalue weighted by molar-refractivity contribution is 0.121. The van der Waals surface area contributed by atoms with Crippen LogP contribution in [-0.2, 0) is 0 Å². The first kappa shape index (κ1) is 13.9. The van der Waals surface area contributed by atoms with E-state index in [1.54, 1.807) is 0 Å². The van der Waals surface area contributed by atoms with Crippen molar-refractivity contribution in [3.05, 3.63) is 0 Å². The Bertz CT molecular complexity index is 181. The summed E-state index contributed by atoms with van der Waals surface area (Å²) in [5.41, 5.74) is 0. The predicted molar refractivity (Wildman–Crippen MR) is 68.6 cm³/mol. The molecule has 0 aromatic heterocycles. The van der Waals surface area contributed by atoms with Gasteiger partial charge in [-0.1, -0.05) is 20.8 Å². The van der Waals surface area contributed by atoms with Gasteiger partial charge >= 0.3 is 0 Å². The maximum Gasteiger partial charge on any atom is 0.0446 e. The van der Waals surface area contributed by atoms with Crippen LogP contribution < -0.4 is 5.32 Å². The summed E-state index contributed by atoms with van der Waals surface area (Å²) in [6.45, 7) is 11.6. The van der Waals surface area contributed by atoms with Gasteiger partial charge in [0, 0.05) is 25.7 Å². The minimum absolute atomic E-state index is 0.289. The quantitative estimate of drug-likeness (QED) is 0.720. The molecule has 16 heavy (non-hydrogen) atoms. The van der Waals surface area contributed by atoms with Crippen LogP contribution in [0.25, 0.3) is 0 Å². The molecule has 1 saturated heterocycles. The van der Waals surface area contributed by atoms with Gasteiger partial charge in [-0.15, -0.1) is 0 Å². The average Bonchev–Trinajstić information content (AvgIpc) is 2.24. The molecule has 3 atom stereocenters. The van der Waals surface area contributed by atoms with Gasteiger partial charge in [-0.3, -0.25) is 0 Å². The van der Waals surface area contributed by atoms with E-state index in [0.29, 0.717) is 6.04 Å². The van der Waals surface area contributed by atoms with Crippen LogP contribution in [-0.4, -0.2) is 48.8 Å². The summed E-state index contributed by atoms with van der Waals surface area (Å²) in [6.07, 6.45) is 2.19. The van der Waals surface area contributed by atoms with Crippen LogP contribution in [0.1, 0.15) is 33.6 Å². The van der Waals surface area contributed by atoms with Crippen LogP contribution in [0.2, 0.25) is 0 Å². The number of likely N-dealkylation sites (tertiary alicyclic amines) is 1. The van der Waals surface area contributed by atoms with E-state index in [1.165, 1.54) is 19.5 Å². The molecule has 0 radical (unpaired) electrons. The van der Waals surface area contributed by atoms with Crippen molar-refractivity contribution in [2.75, 3.05) is 32.8 Å². The molecule has 1 aliphatic heterocycles. The normalized spacial score (nSPS) is 29.2. The largest absolute Gasteiger partial charge is 0.396 e. The van der Waals surface area contributed by atoms with Gasteiger partial charge in [0.2, 0.25) is 0 Å². The Morgan fingerprint density at radius 1 is 1.38 bits per heavy atom. The fraction of sp³-hybridized carbons (Fsp3) is 1.00. The molecule has 0 spiro atoms. The standard InChI is InChI=1S/C13H28N2O/c1-4-14-13(6-8-16)10-15-7-5-11(2)12(3)9-15/h11-14,16H,4-10H2,1-3H3. The first-order valence-corrected chi connectivity index (χ1v) is 6.74. The number of aliphatic hydroxyl groups excluding tert-OH is 1. The Morgan fingerprint density at radius 3 is 2.69 bits per heavy atom. The molecule has 0 amide bonds. The van der Waals surface area contributed by atoms with Gasteiger partial charge in [-0.25, -0.2) is 0 Å². The molecule has 1 heterocycles. The van der Waals surface area contributed by atoms with E-state index in [1.807, 2.05) is 0 Å². The summed E-state index contributed by atoms with van der Waals surface area (Å²) in [4.78, 5) is 2.55. The van der Waals surface area contributed by atoms with E-state index in [4.69, 9.17) is 5.11 Å². The molecule has 0 aromatic rings. The lowest BCUT2D eigenvalue weighted by Crippen LogP contribution is -2.46. The number of rotatable bonds is 6. The van der Waals surface area contributed by atoms with Crippen molar-refractivity contribution >= 4 is 0 Å². The van der Waals surface area contributed by atoms with Crippen LogP contribution >= 0.6 is 0 Å². The first-order chi connectivity index (χ1) is 7.67. The third kappa shape index (κ3) is 4.40. The highest BCUT2D eigenvalue weighted by molar-refractivity contribution is 4.79. The highest BCUT2D eigenvalue weighted by Crippen LogP contribution is 2.22. The molecule has 1 aliphatic rings. The molecule has 0 bridgehead atoms. The highest BCUT2D eigenvalue weighted by Gasteiger charge is 2.24. The monoisotopic (exact) mass is 228 g/mol. The van der Waals surface area contributed by atoms with Gasteiger partial charge < -0.3 is 15.3 Å². The molecule has 0 aliphatic carbocycles. The average molecular weight is 228 g/mol. The van der Waals surface area contributed by atoms with Gasteiger partial charge in [-0.05, 0) is 37.8 Å². The second-order valence-electron chi connectivity index (χ2n) is 5.27. The zero-order valence-corrected chi connectivity index (χ0v) is 11.1. The molecule has 96 valence electrons. The van der Waals surface area contributed by atoms with Crippen LogP contribution in [0.15, 0.2) is 0 Å². The Labute approximate surface area is 100 Å². The smallest absolute Gasteiger partial charge is 0.0446 e. The molecule has 3 unspecified atom stereocenters. The van der Waals surface area contributed by atoms with Gasteiger partial charge in [0.05, 0.1) is 0 Å². The Balaban J connectivity index is 2.33. The number of aliphatic hydroxyl groups is 1. The summed E-state index contributed by atoms with van der Waals surface area (Å²) >= 11 is 0. The zero-order chi connectivity index (χ0) is 12.0. The lowest BCUT2D eigenvalue weighted by Gasteiger charge is -2.37. The molecule has 1 fully saturated rings. The van der Waals surface area contributed by atoms with E-state index < -0.39 is 0 Å². The number of hydrogen-bond donors (Lipinski definition) is 2. The molecule has 3 heteroatoms. The van der Waals surface area contributed by atoms with Crippen LogP contribution in [0.5, 0.6) is 0 Å². The molecule has 0 saturated carbocycles. The van der Waals surface area contributed by atoms with Crippen LogP contribution in [0.4, 0.5) is 0 Å². The summed E-state index contributed by atoms with van der Waals surface area (Å²) < 4.78 is 0. The summed E-state index contributed by atoms with van der Waals surface area (Å²) in [7, 11) is 0. The number of hydrogen-bond acceptors (Lipinski definition) is 3. The minimum Gasteiger partial charge on any atom is -0.396 e. The first-order valence-electron chi connectivity index (χ1n) is 6.74. The minimum atomic E-state index is 0.289. The van der Waals surface area contributed by atoms with Gasteiger partial charge in [0.1, 0.15) is 0 Å². The van der Waals surface area contributed by atoms with Crippen molar-refractivity contribution in [1.82, 2.24) is 10.2 Å². The number of likely N-dealkylation sites (N-methyl/N-ethyl adjacent to an activating group) is 1. The van der Waals surface area contributed by atoms with Crippen molar-refractivity contribution in [3.8, 4) is 0 Å². The third-order valence-electron chi connectivity index (χ3n) is 3.87. The summed E-state index contributed by atoms with van der Waals surface area (Å²) in [5.74, 6) is 1.68. The fourth-order valence-electron chi connectivity index (χ4n) is 2.53. The third-order valence-corrected chi connectivity index (χ3v) is 3.87. The van der Waals surface area contributed by atoms with E-state index in [0.717, 1.165) is 31.3 Å². The van der Waals surface area contributed by atoms with Crippen molar-refractivity contribution in [2.24, 2.45) is 11.8 Å². The summed E-state index contributed by atoms with van der Waals surface area (Å²) in [6, 6.07) is 0.454. The second-order valence-corrected chi connectivity index (χ2v) is 5.27.